The summed E-state index contributed by atoms with van der Waals surface area (Å²) in [4.78, 5) is 0. The summed E-state index contributed by atoms with van der Waals surface area (Å²) in [6, 6.07) is 4.34. The molecule has 1 aromatic carbocycles. The van der Waals surface area contributed by atoms with Gasteiger partial charge in [-0.15, -0.1) is 0 Å². The molecular formula is C17H28O3S. The van der Waals surface area contributed by atoms with E-state index in [0.717, 1.165) is 5.56 Å². The maximum Gasteiger partial charge on any atom is 0.147 e. The topological polar surface area (TPSA) is 54.4 Å². The number of aryl methyl sites for hydroxylation is 2. The molecule has 1 N–H and O–H groups in total. The van der Waals surface area contributed by atoms with E-state index < -0.39 is 15.9 Å². The summed E-state index contributed by atoms with van der Waals surface area (Å²) in [5.74, 6) is 0.0341. The number of hydrogen-bond donors (Lipinski definition) is 1. The highest BCUT2D eigenvalue weighted by atomic mass is 32.2. The lowest BCUT2D eigenvalue weighted by Gasteiger charge is -2.23. The summed E-state index contributed by atoms with van der Waals surface area (Å²) < 4.78 is 22.3. The van der Waals surface area contributed by atoms with Crippen LogP contribution in [0.15, 0.2) is 12.1 Å². The van der Waals surface area contributed by atoms with Gasteiger partial charge in [0.25, 0.3) is 0 Å². The van der Waals surface area contributed by atoms with E-state index in [4.69, 9.17) is 0 Å². The maximum absolute atomic E-state index is 11.2. The van der Waals surface area contributed by atoms with Crippen LogP contribution in [0.3, 0.4) is 0 Å². The van der Waals surface area contributed by atoms with Gasteiger partial charge in [0.15, 0.2) is 0 Å². The number of aliphatic hydroxyl groups excluding tert-OH is 1. The van der Waals surface area contributed by atoms with Gasteiger partial charge >= 0.3 is 0 Å². The Hall–Kier alpha value is -0.870. The lowest BCUT2D eigenvalue weighted by molar-refractivity contribution is 0.171. The molecule has 0 fully saturated rings. The minimum absolute atomic E-state index is 0.0341. The number of hydrogen-bond acceptors (Lipinski definition) is 3. The van der Waals surface area contributed by atoms with Crippen molar-refractivity contribution < 1.29 is 13.5 Å². The SMILES string of the molecule is Cc1cc(C(C)(C)C)cc(C)c1CC(O)CCS(C)(=O)=O. The van der Waals surface area contributed by atoms with Crippen LogP contribution in [0.5, 0.6) is 0 Å². The van der Waals surface area contributed by atoms with Gasteiger partial charge in [-0.1, -0.05) is 32.9 Å². The first-order chi connectivity index (χ1) is 9.40. The summed E-state index contributed by atoms with van der Waals surface area (Å²) in [6.45, 7) is 10.7. The predicted molar refractivity (Wildman–Crippen MR) is 88.7 cm³/mol. The van der Waals surface area contributed by atoms with Crippen LogP contribution >= 0.6 is 0 Å². The maximum atomic E-state index is 11.2. The quantitative estimate of drug-likeness (QED) is 0.909. The highest BCUT2D eigenvalue weighted by molar-refractivity contribution is 7.90. The molecule has 0 heterocycles. The summed E-state index contributed by atoms with van der Waals surface area (Å²) in [6.07, 6.45) is 1.39. The van der Waals surface area contributed by atoms with Crippen LogP contribution in [0.4, 0.5) is 0 Å². The molecule has 0 spiro atoms. The van der Waals surface area contributed by atoms with Crippen molar-refractivity contribution in [2.45, 2.75) is 59.0 Å². The number of rotatable bonds is 5. The predicted octanol–water partition coefficient (Wildman–Crippen LogP) is 2.94. The number of sulfone groups is 1. The third kappa shape index (κ3) is 5.79. The van der Waals surface area contributed by atoms with Crippen molar-refractivity contribution >= 4 is 9.84 Å². The molecular weight excluding hydrogens is 284 g/mol. The van der Waals surface area contributed by atoms with Crippen molar-refractivity contribution in [1.29, 1.82) is 0 Å². The third-order valence-electron chi connectivity index (χ3n) is 3.82. The van der Waals surface area contributed by atoms with E-state index in [1.54, 1.807) is 0 Å². The van der Waals surface area contributed by atoms with Crippen molar-refractivity contribution in [3.05, 3.63) is 34.4 Å². The molecule has 0 amide bonds. The lowest BCUT2D eigenvalue weighted by atomic mass is 9.83. The molecule has 0 radical (unpaired) electrons. The Balaban J connectivity index is 2.90. The molecule has 0 aromatic heterocycles. The molecule has 0 aliphatic rings. The van der Waals surface area contributed by atoms with Gasteiger partial charge in [0.2, 0.25) is 0 Å². The number of benzene rings is 1. The largest absolute Gasteiger partial charge is 0.393 e. The van der Waals surface area contributed by atoms with Crippen LogP contribution in [-0.2, 0) is 21.7 Å². The summed E-state index contributed by atoms with van der Waals surface area (Å²) in [7, 11) is -3.02. The Bertz CT molecular complexity index is 572. The fourth-order valence-corrected chi connectivity index (χ4v) is 3.14. The van der Waals surface area contributed by atoms with Crippen LogP contribution in [0.1, 0.15) is 49.4 Å². The van der Waals surface area contributed by atoms with Crippen LogP contribution in [0.25, 0.3) is 0 Å². The molecule has 120 valence electrons. The van der Waals surface area contributed by atoms with E-state index in [-0.39, 0.29) is 11.2 Å². The van der Waals surface area contributed by atoms with Crippen molar-refractivity contribution in [2.24, 2.45) is 0 Å². The standard InChI is InChI=1S/C17H28O3S/c1-12-9-14(17(3,4)5)10-13(2)16(12)11-15(18)7-8-21(6,19)20/h9-10,15,18H,7-8,11H2,1-6H3. The van der Waals surface area contributed by atoms with E-state index in [1.165, 1.54) is 22.9 Å². The van der Waals surface area contributed by atoms with E-state index in [1.807, 2.05) is 0 Å². The van der Waals surface area contributed by atoms with Gasteiger partial charge in [-0.3, -0.25) is 0 Å². The Kier molecular flexibility index (Phi) is 5.62. The second-order valence-corrected chi connectivity index (χ2v) is 9.37. The van der Waals surface area contributed by atoms with E-state index >= 15 is 0 Å². The first kappa shape index (κ1) is 18.2. The van der Waals surface area contributed by atoms with Crippen molar-refractivity contribution in [2.75, 3.05) is 12.0 Å². The van der Waals surface area contributed by atoms with Gasteiger partial charge in [0.05, 0.1) is 11.9 Å². The minimum atomic E-state index is -3.02. The second kappa shape index (κ2) is 6.49. The normalized spacial score (nSPS) is 14.2. The minimum Gasteiger partial charge on any atom is -0.393 e. The monoisotopic (exact) mass is 312 g/mol. The van der Waals surface area contributed by atoms with Crippen LogP contribution in [-0.4, -0.2) is 31.6 Å². The van der Waals surface area contributed by atoms with Gasteiger partial charge in [-0.05, 0) is 54.4 Å². The smallest absolute Gasteiger partial charge is 0.147 e. The highest BCUT2D eigenvalue weighted by Gasteiger charge is 2.18. The van der Waals surface area contributed by atoms with Gasteiger partial charge in [-0.25, -0.2) is 8.42 Å². The zero-order valence-corrected chi connectivity index (χ0v) is 14.8. The fraction of sp³-hybridized carbons (Fsp3) is 0.647. The zero-order chi connectivity index (χ0) is 16.4. The van der Waals surface area contributed by atoms with Crippen molar-refractivity contribution in [1.82, 2.24) is 0 Å². The van der Waals surface area contributed by atoms with Crippen molar-refractivity contribution in [3.8, 4) is 0 Å². The highest BCUT2D eigenvalue weighted by Crippen LogP contribution is 2.27. The van der Waals surface area contributed by atoms with Crippen LogP contribution in [0, 0.1) is 13.8 Å². The summed E-state index contributed by atoms with van der Waals surface area (Å²) in [5.41, 5.74) is 4.84. The van der Waals surface area contributed by atoms with E-state index in [0.29, 0.717) is 12.8 Å². The molecule has 0 aliphatic heterocycles. The third-order valence-corrected chi connectivity index (χ3v) is 4.80. The molecule has 4 heteroatoms. The van der Waals surface area contributed by atoms with Crippen LogP contribution < -0.4 is 0 Å². The molecule has 3 nitrogen and oxygen atoms in total. The zero-order valence-electron chi connectivity index (χ0n) is 14.0. The van der Waals surface area contributed by atoms with E-state index in [9.17, 15) is 13.5 Å². The Morgan fingerprint density at radius 3 is 2.00 bits per heavy atom. The summed E-state index contributed by atoms with van der Waals surface area (Å²) in [5, 5.41) is 10.1. The fourth-order valence-electron chi connectivity index (χ4n) is 2.44. The molecule has 1 aromatic rings. The molecule has 0 saturated carbocycles. The number of aliphatic hydroxyl groups is 1. The Morgan fingerprint density at radius 1 is 1.14 bits per heavy atom. The van der Waals surface area contributed by atoms with Crippen molar-refractivity contribution in [3.63, 3.8) is 0 Å². The average Bonchev–Trinajstić information content (AvgIpc) is 2.29. The molecule has 0 aliphatic carbocycles. The summed E-state index contributed by atoms with van der Waals surface area (Å²) >= 11 is 0. The lowest BCUT2D eigenvalue weighted by Crippen LogP contribution is -2.18. The molecule has 0 bridgehead atoms. The average molecular weight is 312 g/mol. The van der Waals surface area contributed by atoms with Gasteiger partial charge in [0.1, 0.15) is 9.84 Å². The molecule has 1 unspecified atom stereocenters. The Labute approximate surface area is 129 Å². The van der Waals surface area contributed by atoms with Gasteiger partial charge in [-0.2, -0.15) is 0 Å². The molecule has 21 heavy (non-hydrogen) atoms. The first-order valence-electron chi connectivity index (χ1n) is 7.36. The second-order valence-electron chi connectivity index (χ2n) is 7.12. The molecule has 1 atom stereocenters. The van der Waals surface area contributed by atoms with E-state index in [2.05, 4.69) is 46.8 Å². The van der Waals surface area contributed by atoms with Gasteiger partial charge < -0.3 is 5.11 Å². The molecule has 1 rings (SSSR count). The molecule has 0 saturated heterocycles. The first-order valence-corrected chi connectivity index (χ1v) is 9.42. The van der Waals surface area contributed by atoms with Gasteiger partial charge in [0, 0.05) is 6.26 Å². The Morgan fingerprint density at radius 2 is 1.62 bits per heavy atom. The van der Waals surface area contributed by atoms with Crippen LogP contribution in [0.2, 0.25) is 0 Å².